The van der Waals surface area contributed by atoms with Crippen molar-refractivity contribution < 1.29 is 14.4 Å². The van der Waals surface area contributed by atoms with Gasteiger partial charge < -0.3 is 14.4 Å². The van der Waals surface area contributed by atoms with Crippen molar-refractivity contribution in [3.63, 3.8) is 0 Å². The van der Waals surface area contributed by atoms with E-state index in [2.05, 4.69) is 10.3 Å². The highest BCUT2D eigenvalue weighted by molar-refractivity contribution is 6.17. The number of hydrogen-bond donors (Lipinski definition) is 1. The molecule has 24 heavy (non-hydrogen) atoms. The van der Waals surface area contributed by atoms with Gasteiger partial charge in [0.15, 0.2) is 0 Å². The van der Waals surface area contributed by atoms with Crippen LogP contribution in [0.3, 0.4) is 0 Å². The summed E-state index contributed by atoms with van der Waals surface area (Å²) in [6.07, 6.45) is 0. The Bertz CT molecular complexity index is 801. The molecule has 1 heterocycles. The zero-order chi connectivity index (χ0) is 16.9. The van der Waals surface area contributed by atoms with Crippen molar-refractivity contribution in [1.29, 1.82) is 0 Å². The summed E-state index contributed by atoms with van der Waals surface area (Å²) in [5, 5.41) is 17.1. The zero-order valence-corrected chi connectivity index (χ0v) is 13.5. The zero-order valence-electron chi connectivity index (χ0n) is 13.5. The molecule has 1 radical (unpaired) electrons. The third-order valence-electron chi connectivity index (χ3n) is 3.71. The van der Waals surface area contributed by atoms with E-state index in [9.17, 15) is 0 Å². The Labute approximate surface area is 141 Å². The van der Waals surface area contributed by atoms with Gasteiger partial charge in [-0.1, -0.05) is 17.3 Å². The Hall–Kier alpha value is -2.80. The first-order valence-corrected chi connectivity index (χ1v) is 7.47. The van der Waals surface area contributed by atoms with Crippen molar-refractivity contribution in [2.24, 2.45) is 0 Å². The van der Waals surface area contributed by atoms with Gasteiger partial charge in [0.05, 0.1) is 25.0 Å². The van der Waals surface area contributed by atoms with Gasteiger partial charge >= 0.3 is 7.69 Å². The van der Waals surface area contributed by atoms with Crippen LogP contribution in [0.5, 0.6) is 11.5 Å². The fraction of sp³-hybridized carbons (Fsp3) is 0.176. The van der Waals surface area contributed by atoms with E-state index in [0.717, 1.165) is 28.3 Å². The van der Waals surface area contributed by atoms with Crippen LogP contribution in [-0.2, 0) is 6.54 Å². The van der Waals surface area contributed by atoms with E-state index >= 15 is 0 Å². The van der Waals surface area contributed by atoms with Crippen molar-refractivity contribution in [3.05, 3.63) is 59.8 Å². The molecule has 0 saturated carbocycles. The summed E-state index contributed by atoms with van der Waals surface area (Å²) < 4.78 is 12.0. The summed E-state index contributed by atoms with van der Waals surface area (Å²) in [5.74, 6) is 1.39. The van der Waals surface area contributed by atoms with Crippen LogP contribution in [0.4, 0.5) is 0 Å². The topological polar surface area (TPSA) is 69.4 Å². The van der Waals surface area contributed by atoms with Gasteiger partial charge in [0.2, 0.25) is 0 Å². The Morgan fingerprint density at radius 1 is 1.04 bits per heavy atom. The van der Waals surface area contributed by atoms with Gasteiger partial charge in [0, 0.05) is 5.56 Å². The predicted octanol–water partition coefficient (Wildman–Crippen LogP) is 2.22. The molecule has 0 saturated heterocycles. The highest BCUT2D eigenvalue weighted by atomic mass is 16.5. The number of nitrogens with zero attached hydrogens (tertiary/aromatic N) is 3. The molecule has 0 amide bonds. The molecule has 0 aliphatic carbocycles. The van der Waals surface area contributed by atoms with E-state index in [-0.39, 0.29) is 0 Å². The van der Waals surface area contributed by atoms with E-state index < -0.39 is 0 Å². The summed E-state index contributed by atoms with van der Waals surface area (Å²) >= 11 is 0. The van der Waals surface area contributed by atoms with Crippen molar-refractivity contribution in [3.8, 4) is 22.8 Å². The normalized spacial score (nSPS) is 10.5. The van der Waals surface area contributed by atoms with Gasteiger partial charge in [-0.2, -0.15) is 0 Å². The number of aryl methyl sites for hydroxylation is 1. The van der Waals surface area contributed by atoms with Gasteiger partial charge in [-0.25, -0.2) is 4.68 Å². The lowest BCUT2D eigenvalue weighted by molar-refractivity contribution is 0.414. The molecule has 3 aromatic rings. The number of rotatable bonds is 6. The van der Waals surface area contributed by atoms with Crippen LogP contribution in [0, 0.1) is 6.92 Å². The van der Waals surface area contributed by atoms with Gasteiger partial charge in [-0.15, -0.1) is 5.10 Å². The van der Waals surface area contributed by atoms with Crippen LogP contribution in [0.1, 0.15) is 11.3 Å². The van der Waals surface area contributed by atoms with Crippen molar-refractivity contribution in [2.75, 3.05) is 7.11 Å². The maximum atomic E-state index is 8.68. The lowest BCUT2D eigenvalue weighted by Gasteiger charge is -2.09. The van der Waals surface area contributed by atoms with Crippen molar-refractivity contribution >= 4 is 7.69 Å². The second-order valence-electron chi connectivity index (χ2n) is 5.28. The first kappa shape index (κ1) is 16.1. The smallest absolute Gasteiger partial charge is 0.537 e. The molecule has 6 nitrogen and oxygen atoms in total. The molecular weight excluding hydrogens is 305 g/mol. The van der Waals surface area contributed by atoms with Gasteiger partial charge in [-0.3, -0.25) is 0 Å². The fourth-order valence-corrected chi connectivity index (χ4v) is 2.52. The molecular formula is C17H17BN3O3. The van der Waals surface area contributed by atoms with Crippen LogP contribution >= 0.6 is 0 Å². The Balaban J connectivity index is 1.87. The average molecular weight is 322 g/mol. The standard InChI is InChI=1S/C17H17BN3O3/c1-12-17(14-5-9-16(10-6-14)24-18-22)21(20-19-12)11-13-3-7-15(23-2)8-4-13/h3-10,22H,11H2,1-2H3. The highest BCUT2D eigenvalue weighted by Crippen LogP contribution is 2.25. The van der Waals surface area contributed by atoms with E-state index in [1.54, 1.807) is 19.2 Å². The predicted molar refractivity (Wildman–Crippen MR) is 90.9 cm³/mol. The van der Waals surface area contributed by atoms with E-state index in [1.807, 2.05) is 48.0 Å². The molecule has 7 heteroatoms. The molecule has 1 aromatic heterocycles. The monoisotopic (exact) mass is 322 g/mol. The third kappa shape index (κ3) is 3.41. The molecule has 3 rings (SSSR count). The van der Waals surface area contributed by atoms with Crippen LogP contribution < -0.4 is 9.39 Å². The van der Waals surface area contributed by atoms with Crippen LogP contribution in [0.25, 0.3) is 11.3 Å². The molecule has 0 spiro atoms. The van der Waals surface area contributed by atoms with E-state index in [0.29, 0.717) is 20.0 Å². The number of benzene rings is 2. The molecule has 2 aromatic carbocycles. The minimum absolute atomic E-state index is 0.563. The molecule has 0 fully saturated rings. The molecule has 0 atom stereocenters. The minimum atomic E-state index is 0.563. The summed E-state index contributed by atoms with van der Waals surface area (Å²) in [6.45, 7) is 2.54. The number of hydrogen-bond acceptors (Lipinski definition) is 5. The lowest BCUT2D eigenvalue weighted by Crippen LogP contribution is -2.04. The molecule has 0 bridgehead atoms. The Morgan fingerprint density at radius 3 is 2.33 bits per heavy atom. The Kier molecular flexibility index (Phi) is 4.81. The number of ether oxygens (including phenoxy) is 1. The van der Waals surface area contributed by atoms with Crippen LogP contribution in [0.2, 0.25) is 0 Å². The number of methoxy groups -OCH3 is 1. The first-order valence-electron chi connectivity index (χ1n) is 7.47. The molecule has 0 aliphatic rings. The van der Waals surface area contributed by atoms with Gasteiger partial charge in [-0.05, 0) is 48.9 Å². The summed E-state index contributed by atoms with van der Waals surface area (Å²) in [5.41, 5.74) is 3.89. The first-order chi connectivity index (χ1) is 11.7. The van der Waals surface area contributed by atoms with Crippen LogP contribution in [0.15, 0.2) is 48.5 Å². The third-order valence-corrected chi connectivity index (χ3v) is 3.71. The Morgan fingerprint density at radius 2 is 1.71 bits per heavy atom. The molecule has 121 valence electrons. The van der Waals surface area contributed by atoms with Crippen LogP contribution in [-0.4, -0.2) is 34.8 Å². The van der Waals surface area contributed by atoms with Gasteiger partial charge in [0.1, 0.15) is 11.5 Å². The summed E-state index contributed by atoms with van der Waals surface area (Å²) in [6, 6.07) is 15.3. The molecule has 0 unspecified atom stereocenters. The number of aromatic nitrogens is 3. The SMILES string of the molecule is COc1ccc(Cn2nnc(C)c2-c2ccc(O[B]O)cc2)cc1. The molecule has 1 N–H and O–H groups in total. The van der Waals surface area contributed by atoms with Crippen molar-refractivity contribution in [2.45, 2.75) is 13.5 Å². The second-order valence-corrected chi connectivity index (χ2v) is 5.28. The van der Waals surface area contributed by atoms with E-state index in [4.69, 9.17) is 14.4 Å². The molecule has 0 aliphatic heterocycles. The van der Waals surface area contributed by atoms with E-state index in [1.165, 1.54) is 0 Å². The second kappa shape index (κ2) is 7.19. The quantitative estimate of drug-likeness (QED) is 0.705. The largest absolute Gasteiger partial charge is 0.569 e. The lowest BCUT2D eigenvalue weighted by atomic mass is 10.1. The minimum Gasteiger partial charge on any atom is -0.537 e. The summed E-state index contributed by atoms with van der Waals surface area (Å²) in [7, 11) is 2.31. The maximum Gasteiger partial charge on any atom is 0.569 e. The maximum absolute atomic E-state index is 8.68. The van der Waals surface area contributed by atoms with Gasteiger partial charge in [0.25, 0.3) is 0 Å². The highest BCUT2D eigenvalue weighted by Gasteiger charge is 2.12. The van der Waals surface area contributed by atoms with Crippen molar-refractivity contribution in [1.82, 2.24) is 15.0 Å². The fourth-order valence-electron chi connectivity index (χ4n) is 2.52. The average Bonchev–Trinajstić information content (AvgIpc) is 2.97. The summed E-state index contributed by atoms with van der Waals surface area (Å²) in [4.78, 5) is 0.